The lowest BCUT2D eigenvalue weighted by Gasteiger charge is -2.37. The maximum atomic E-state index is 13.0. The van der Waals surface area contributed by atoms with E-state index in [0.717, 1.165) is 28.4 Å². The lowest BCUT2D eigenvalue weighted by atomic mass is 9.73. The van der Waals surface area contributed by atoms with E-state index in [1.165, 1.54) is 23.9 Å². The molecule has 1 heterocycles. The van der Waals surface area contributed by atoms with E-state index in [2.05, 4.69) is 4.90 Å². The molecule has 1 aliphatic heterocycles. The number of piperidine rings is 1. The predicted octanol–water partition coefficient (Wildman–Crippen LogP) is 4.02. The number of carbonyl (C=O) groups is 1. The number of rotatable bonds is 4. The molecule has 3 nitrogen and oxygen atoms in total. The van der Waals surface area contributed by atoms with Gasteiger partial charge in [0.05, 0.1) is 5.41 Å². The van der Waals surface area contributed by atoms with E-state index in [0.29, 0.717) is 12.8 Å². The predicted molar refractivity (Wildman–Crippen MR) is 93.0 cm³/mol. The van der Waals surface area contributed by atoms with Gasteiger partial charge in [-0.05, 0) is 74.9 Å². The summed E-state index contributed by atoms with van der Waals surface area (Å²) >= 11 is 1.54. The highest BCUT2D eigenvalue weighted by molar-refractivity contribution is 7.99. The molecule has 0 radical (unpaired) electrons. The van der Waals surface area contributed by atoms with Gasteiger partial charge in [-0.15, -0.1) is 0 Å². The van der Waals surface area contributed by atoms with Crippen molar-refractivity contribution in [2.45, 2.75) is 28.0 Å². The molecular weight excluding hydrogens is 325 g/mol. The Bertz CT molecular complexity index is 707. The monoisotopic (exact) mass is 345 g/mol. The summed E-state index contributed by atoms with van der Waals surface area (Å²) in [5.41, 5.74) is 0.0811. The van der Waals surface area contributed by atoms with Crippen molar-refractivity contribution in [1.82, 2.24) is 4.90 Å². The summed E-state index contributed by atoms with van der Waals surface area (Å²) in [4.78, 5) is 16.1. The fourth-order valence-electron chi connectivity index (χ4n) is 3.11. The Hall–Kier alpha value is -1.85. The van der Waals surface area contributed by atoms with Crippen LogP contribution in [0.5, 0.6) is 0 Å². The van der Waals surface area contributed by atoms with Gasteiger partial charge in [0, 0.05) is 9.79 Å². The van der Waals surface area contributed by atoms with Gasteiger partial charge in [0.1, 0.15) is 5.82 Å². The van der Waals surface area contributed by atoms with Crippen molar-refractivity contribution in [3.05, 3.63) is 59.9 Å². The summed E-state index contributed by atoms with van der Waals surface area (Å²) in [6.45, 7) is 1.58. The molecule has 0 aromatic heterocycles. The van der Waals surface area contributed by atoms with Gasteiger partial charge >= 0.3 is 5.97 Å². The largest absolute Gasteiger partial charge is 0.481 e. The molecule has 24 heavy (non-hydrogen) atoms. The topological polar surface area (TPSA) is 40.5 Å². The zero-order valence-corrected chi connectivity index (χ0v) is 14.4. The number of hydrogen-bond donors (Lipinski definition) is 1. The molecule has 0 unspecified atom stereocenters. The van der Waals surface area contributed by atoms with Gasteiger partial charge in [0.25, 0.3) is 0 Å². The first-order chi connectivity index (χ1) is 11.5. The average molecular weight is 345 g/mol. The van der Waals surface area contributed by atoms with E-state index in [1.54, 1.807) is 12.1 Å². The lowest BCUT2D eigenvalue weighted by Crippen LogP contribution is -2.46. The van der Waals surface area contributed by atoms with Gasteiger partial charge in [0.2, 0.25) is 0 Å². The molecule has 1 saturated heterocycles. The normalized spacial score (nSPS) is 17.6. The van der Waals surface area contributed by atoms with Crippen LogP contribution >= 0.6 is 11.8 Å². The Morgan fingerprint density at radius 1 is 1.04 bits per heavy atom. The smallest absolute Gasteiger partial charge is 0.314 e. The van der Waals surface area contributed by atoms with Gasteiger partial charge in [-0.3, -0.25) is 4.79 Å². The van der Waals surface area contributed by atoms with Crippen LogP contribution in [0, 0.1) is 5.82 Å². The average Bonchev–Trinajstić information content (AvgIpc) is 2.58. The lowest BCUT2D eigenvalue weighted by molar-refractivity contribution is -0.145. The van der Waals surface area contributed by atoms with Crippen LogP contribution in [-0.4, -0.2) is 36.1 Å². The zero-order valence-electron chi connectivity index (χ0n) is 13.5. The van der Waals surface area contributed by atoms with Crippen LogP contribution in [-0.2, 0) is 10.2 Å². The van der Waals surface area contributed by atoms with E-state index >= 15 is 0 Å². The first kappa shape index (κ1) is 17.0. The third-order valence-electron chi connectivity index (χ3n) is 4.71. The first-order valence-electron chi connectivity index (χ1n) is 7.95. The zero-order chi connectivity index (χ0) is 17.2. The second-order valence-electron chi connectivity index (χ2n) is 6.27. The summed E-state index contributed by atoms with van der Waals surface area (Å²) in [5.74, 6) is -0.991. The Morgan fingerprint density at radius 2 is 1.54 bits per heavy atom. The van der Waals surface area contributed by atoms with E-state index in [9.17, 15) is 14.3 Å². The third-order valence-corrected chi connectivity index (χ3v) is 5.72. The first-order valence-corrected chi connectivity index (χ1v) is 8.77. The number of aliphatic carboxylic acids is 1. The number of carboxylic acid groups (broad SMARTS) is 1. The number of benzene rings is 2. The van der Waals surface area contributed by atoms with E-state index < -0.39 is 11.4 Å². The summed E-state index contributed by atoms with van der Waals surface area (Å²) in [7, 11) is 2.02. The van der Waals surface area contributed by atoms with Gasteiger partial charge in [-0.1, -0.05) is 23.9 Å². The van der Waals surface area contributed by atoms with Gasteiger partial charge in [0.15, 0.2) is 0 Å². The highest BCUT2D eigenvalue weighted by atomic mass is 32.2. The van der Waals surface area contributed by atoms with Crippen LogP contribution < -0.4 is 0 Å². The van der Waals surface area contributed by atoms with Crippen LogP contribution in [0.3, 0.4) is 0 Å². The molecular formula is C19H20FNO2S. The van der Waals surface area contributed by atoms with Crippen LogP contribution in [0.2, 0.25) is 0 Å². The Labute approximate surface area is 145 Å². The highest BCUT2D eigenvalue weighted by Gasteiger charge is 2.42. The molecule has 5 heteroatoms. The van der Waals surface area contributed by atoms with Crippen LogP contribution in [0.15, 0.2) is 58.3 Å². The van der Waals surface area contributed by atoms with Crippen molar-refractivity contribution >= 4 is 17.7 Å². The van der Waals surface area contributed by atoms with Crippen LogP contribution in [0.25, 0.3) is 0 Å². The summed E-state index contributed by atoms with van der Waals surface area (Å²) in [6, 6.07) is 14.1. The van der Waals surface area contributed by atoms with Crippen molar-refractivity contribution in [3.63, 3.8) is 0 Å². The molecule has 1 fully saturated rings. The molecule has 1 N–H and O–H groups in total. The van der Waals surface area contributed by atoms with Crippen LogP contribution in [0.4, 0.5) is 4.39 Å². The molecule has 3 rings (SSSR count). The Balaban J connectivity index is 1.80. The minimum atomic E-state index is -0.786. The molecule has 0 aliphatic carbocycles. The molecule has 0 spiro atoms. The molecule has 2 aromatic carbocycles. The maximum Gasteiger partial charge on any atom is 0.314 e. The molecule has 126 valence electrons. The highest BCUT2D eigenvalue weighted by Crippen LogP contribution is 2.37. The summed E-state index contributed by atoms with van der Waals surface area (Å²) in [6.07, 6.45) is 1.26. The molecule has 0 amide bonds. The standard InChI is InChI=1S/C19H20FNO2S/c1-21-12-10-19(11-13-21,18(22)23)14-2-6-16(7-3-14)24-17-8-4-15(20)5-9-17/h2-9H,10-13H2,1H3,(H,22,23). The molecule has 0 saturated carbocycles. The van der Waals surface area contributed by atoms with Gasteiger partial charge in [-0.2, -0.15) is 0 Å². The molecule has 1 aliphatic rings. The number of hydrogen-bond acceptors (Lipinski definition) is 3. The number of halogens is 1. The third kappa shape index (κ3) is 3.47. The Kier molecular flexibility index (Phi) is 4.92. The second kappa shape index (κ2) is 6.95. The maximum absolute atomic E-state index is 13.0. The molecule has 0 atom stereocenters. The van der Waals surface area contributed by atoms with Crippen LogP contribution in [0.1, 0.15) is 18.4 Å². The fraction of sp³-hybridized carbons (Fsp3) is 0.316. The number of nitrogens with zero attached hydrogens (tertiary/aromatic N) is 1. The summed E-state index contributed by atoms with van der Waals surface area (Å²) in [5, 5.41) is 9.80. The summed E-state index contributed by atoms with van der Waals surface area (Å²) < 4.78 is 13.0. The Morgan fingerprint density at radius 3 is 2.04 bits per heavy atom. The van der Waals surface area contributed by atoms with Crippen molar-refractivity contribution in [3.8, 4) is 0 Å². The van der Waals surface area contributed by atoms with Crippen molar-refractivity contribution in [1.29, 1.82) is 0 Å². The van der Waals surface area contributed by atoms with Crippen molar-refractivity contribution in [2.75, 3.05) is 20.1 Å². The number of carboxylic acids is 1. The fourth-order valence-corrected chi connectivity index (χ4v) is 3.92. The minimum absolute atomic E-state index is 0.250. The molecule has 2 aromatic rings. The van der Waals surface area contributed by atoms with E-state index in [-0.39, 0.29) is 5.82 Å². The van der Waals surface area contributed by atoms with E-state index in [1.807, 2.05) is 31.3 Å². The number of likely N-dealkylation sites (tertiary alicyclic amines) is 1. The minimum Gasteiger partial charge on any atom is -0.481 e. The van der Waals surface area contributed by atoms with Crippen molar-refractivity contribution < 1.29 is 14.3 Å². The van der Waals surface area contributed by atoms with Gasteiger partial charge in [-0.25, -0.2) is 4.39 Å². The van der Waals surface area contributed by atoms with Gasteiger partial charge < -0.3 is 10.0 Å². The quantitative estimate of drug-likeness (QED) is 0.908. The van der Waals surface area contributed by atoms with E-state index in [4.69, 9.17) is 0 Å². The van der Waals surface area contributed by atoms with Crippen molar-refractivity contribution in [2.24, 2.45) is 0 Å². The SMILES string of the molecule is CN1CCC(C(=O)O)(c2ccc(Sc3ccc(F)cc3)cc2)CC1. The molecule has 0 bridgehead atoms. The second-order valence-corrected chi connectivity index (χ2v) is 7.42.